The van der Waals surface area contributed by atoms with E-state index in [4.69, 9.17) is 0 Å². The molecule has 0 aliphatic heterocycles. The molecule has 0 radical (unpaired) electrons. The van der Waals surface area contributed by atoms with Gasteiger partial charge in [-0.2, -0.15) is 13.2 Å². The van der Waals surface area contributed by atoms with E-state index in [-0.39, 0.29) is 0 Å². The van der Waals surface area contributed by atoms with Crippen LogP contribution in [0.4, 0.5) is 17.6 Å². The Balaban J connectivity index is 2.45. The minimum atomic E-state index is -4.76. The quantitative estimate of drug-likeness (QED) is 0.690. The van der Waals surface area contributed by atoms with Gasteiger partial charge in [-0.25, -0.2) is 9.37 Å². The van der Waals surface area contributed by atoms with Crippen molar-refractivity contribution in [2.45, 2.75) is 6.18 Å². The number of pyridine rings is 1. The monoisotopic (exact) mass is 241 g/mol. The Hall–Kier alpha value is -1.91. The number of hydrogen-bond acceptors (Lipinski definition) is 1. The minimum Gasteiger partial charge on any atom is -0.248 e. The molecule has 88 valence electrons. The van der Waals surface area contributed by atoms with Gasteiger partial charge >= 0.3 is 6.18 Å². The number of halogens is 4. The van der Waals surface area contributed by atoms with E-state index in [2.05, 4.69) is 4.98 Å². The third-order valence-electron chi connectivity index (χ3n) is 2.22. The van der Waals surface area contributed by atoms with Crippen molar-refractivity contribution in [3.8, 4) is 11.1 Å². The Morgan fingerprint density at radius 3 is 2.12 bits per heavy atom. The lowest BCUT2D eigenvalue weighted by Crippen LogP contribution is -2.10. The molecule has 1 aromatic heterocycles. The van der Waals surface area contributed by atoms with Crippen molar-refractivity contribution >= 4 is 0 Å². The first kappa shape index (κ1) is 11.6. The Bertz CT molecular complexity index is 520. The van der Waals surface area contributed by atoms with Gasteiger partial charge in [0.2, 0.25) is 0 Å². The van der Waals surface area contributed by atoms with Crippen LogP contribution in [0.5, 0.6) is 0 Å². The minimum absolute atomic E-state index is 0.316. The lowest BCUT2D eigenvalue weighted by atomic mass is 10.1. The molecule has 0 saturated carbocycles. The van der Waals surface area contributed by atoms with E-state index >= 15 is 0 Å². The van der Waals surface area contributed by atoms with Crippen molar-refractivity contribution in [1.82, 2.24) is 4.98 Å². The first-order valence-electron chi connectivity index (χ1n) is 4.76. The molecule has 0 amide bonds. The maximum atomic E-state index is 13.2. The molecular formula is C12H7F4N. The van der Waals surface area contributed by atoms with E-state index in [9.17, 15) is 17.6 Å². The van der Waals surface area contributed by atoms with Gasteiger partial charge < -0.3 is 0 Å². The van der Waals surface area contributed by atoms with Crippen molar-refractivity contribution < 1.29 is 17.6 Å². The highest BCUT2D eigenvalue weighted by molar-refractivity contribution is 5.62. The normalized spacial score (nSPS) is 11.5. The van der Waals surface area contributed by atoms with Gasteiger partial charge in [-0.3, -0.25) is 0 Å². The third kappa shape index (κ3) is 2.43. The zero-order valence-electron chi connectivity index (χ0n) is 8.50. The van der Waals surface area contributed by atoms with Gasteiger partial charge in [0.1, 0.15) is 0 Å². The largest absolute Gasteiger partial charge is 0.436 e. The molecule has 0 fully saturated rings. The first-order valence-corrected chi connectivity index (χ1v) is 4.76. The molecule has 5 heteroatoms. The molecule has 0 atom stereocenters. The summed E-state index contributed by atoms with van der Waals surface area (Å²) < 4.78 is 50.1. The van der Waals surface area contributed by atoms with Crippen molar-refractivity contribution in [3.63, 3.8) is 0 Å². The molecule has 1 nitrogen and oxygen atoms in total. The number of nitrogens with zero attached hydrogens (tertiary/aromatic N) is 1. The Kier molecular flexibility index (Phi) is 2.83. The second-order valence-electron chi connectivity index (χ2n) is 3.42. The highest BCUT2D eigenvalue weighted by Crippen LogP contribution is 2.31. The van der Waals surface area contributed by atoms with Gasteiger partial charge in [0.25, 0.3) is 0 Å². The maximum Gasteiger partial charge on any atom is 0.436 e. The molecule has 0 aliphatic carbocycles. The number of hydrogen-bond donors (Lipinski definition) is 0. The Morgan fingerprint density at radius 1 is 0.941 bits per heavy atom. The predicted molar refractivity (Wildman–Crippen MR) is 54.6 cm³/mol. The molecule has 1 aromatic carbocycles. The van der Waals surface area contributed by atoms with Gasteiger partial charge in [-0.05, 0) is 11.6 Å². The second kappa shape index (κ2) is 4.16. The van der Waals surface area contributed by atoms with Crippen LogP contribution in [0.25, 0.3) is 11.1 Å². The summed E-state index contributed by atoms with van der Waals surface area (Å²) >= 11 is 0. The maximum absolute atomic E-state index is 13.2. The standard InChI is InChI=1S/C12H7F4N/c13-10-6-9(8-4-2-1-3-5-8)7-17-11(10)12(14,15)16/h1-7H. The molecule has 1 heterocycles. The summed E-state index contributed by atoms with van der Waals surface area (Å²) in [5.74, 6) is -1.36. The predicted octanol–water partition coefficient (Wildman–Crippen LogP) is 3.91. The van der Waals surface area contributed by atoms with Crippen LogP contribution < -0.4 is 0 Å². The van der Waals surface area contributed by atoms with E-state index in [1.165, 1.54) is 0 Å². The fraction of sp³-hybridized carbons (Fsp3) is 0.0833. The molecule has 0 N–H and O–H groups in total. The fourth-order valence-corrected chi connectivity index (χ4v) is 1.43. The van der Waals surface area contributed by atoms with Crippen LogP contribution in [0.3, 0.4) is 0 Å². The van der Waals surface area contributed by atoms with Crippen LogP contribution in [-0.4, -0.2) is 4.98 Å². The van der Waals surface area contributed by atoms with E-state index in [0.717, 1.165) is 12.3 Å². The first-order chi connectivity index (χ1) is 7.98. The van der Waals surface area contributed by atoms with E-state index in [0.29, 0.717) is 11.1 Å². The summed E-state index contributed by atoms with van der Waals surface area (Å²) in [5, 5.41) is 0. The van der Waals surface area contributed by atoms with Crippen molar-refractivity contribution in [2.75, 3.05) is 0 Å². The van der Waals surface area contributed by atoms with Gasteiger partial charge in [0.05, 0.1) is 0 Å². The van der Waals surface area contributed by atoms with Crippen LogP contribution in [0, 0.1) is 5.82 Å². The molecule has 0 bridgehead atoms. The SMILES string of the molecule is Fc1cc(-c2ccccc2)cnc1C(F)(F)F. The summed E-state index contributed by atoms with van der Waals surface area (Å²) in [6.07, 6.45) is -3.75. The van der Waals surface area contributed by atoms with Crippen molar-refractivity contribution in [3.05, 3.63) is 54.1 Å². The van der Waals surface area contributed by atoms with Crippen molar-refractivity contribution in [2.24, 2.45) is 0 Å². The Morgan fingerprint density at radius 2 is 1.59 bits per heavy atom. The van der Waals surface area contributed by atoms with Crippen LogP contribution in [0.15, 0.2) is 42.6 Å². The van der Waals surface area contributed by atoms with Crippen LogP contribution >= 0.6 is 0 Å². The van der Waals surface area contributed by atoms with Crippen LogP contribution in [-0.2, 0) is 6.18 Å². The molecule has 0 aliphatic rings. The van der Waals surface area contributed by atoms with Gasteiger partial charge in [-0.1, -0.05) is 30.3 Å². The highest BCUT2D eigenvalue weighted by Gasteiger charge is 2.36. The topological polar surface area (TPSA) is 12.9 Å². The summed E-state index contributed by atoms with van der Waals surface area (Å²) in [7, 11) is 0. The molecule has 0 unspecified atom stereocenters. The van der Waals surface area contributed by atoms with Crippen molar-refractivity contribution in [1.29, 1.82) is 0 Å². The molecule has 17 heavy (non-hydrogen) atoms. The zero-order chi connectivity index (χ0) is 12.5. The van der Waals surface area contributed by atoms with E-state index in [1.807, 2.05) is 0 Å². The van der Waals surface area contributed by atoms with Crippen LogP contribution in [0.2, 0.25) is 0 Å². The van der Waals surface area contributed by atoms with Gasteiger partial charge in [-0.15, -0.1) is 0 Å². The highest BCUT2D eigenvalue weighted by atomic mass is 19.4. The molecule has 0 saturated heterocycles. The number of rotatable bonds is 1. The lowest BCUT2D eigenvalue weighted by Gasteiger charge is -2.08. The average molecular weight is 241 g/mol. The summed E-state index contributed by atoms with van der Waals surface area (Å²) in [6, 6.07) is 9.37. The van der Waals surface area contributed by atoms with Crippen LogP contribution in [0.1, 0.15) is 5.69 Å². The number of benzene rings is 1. The number of alkyl halides is 3. The molecule has 2 rings (SSSR count). The molecular weight excluding hydrogens is 234 g/mol. The number of aromatic nitrogens is 1. The average Bonchev–Trinajstić information content (AvgIpc) is 2.28. The Labute approximate surface area is 94.7 Å². The summed E-state index contributed by atoms with van der Waals surface area (Å²) in [5.41, 5.74) is -0.555. The smallest absolute Gasteiger partial charge is 0.248 e. The lowest BCUT2D eigenvalue weighted by molar-refractivity contribution is -0.143. The second-order valence-corrected chi connectivity index (χ2v) is 3.42. The summed E-state index contributed by atoms with van der Waals surface area (Å²) in [6.45, 7) is 0. The molecule has 2 aromatic rings. The zero-order valence-corrected chi connectivity index (χ0v) is 8.50. The fourth-order valence-electron chi connectivity index (χ4n) is 1.43. The van der Waals surface area contributed by atoms with E-state index < -0.39 is 17.7 Å². The summed E-state index contributed by atoms with van der Waals surface area (Å²) in [4.78, 5) is 3.13. The third-order valence-corrected chi connectivity index (χ3v) is 2.22. The molecule has 0 spiro atoms. The van der Waals surface area contributed by atoms with Gasteiger partial charge in [0, 0.05) is 11.8 Å². The van der Waals surface area contributed by atoms with E-state index in [1.54, 1.807) is 30.3 Å². The van der Waals surface area contributed by atoms with Gasteiger partial charge in [0.15, 0.2) is 11.5 Å².